The maximum atomic E-state index is 13.0. The number of piperazine rings is 1. The summed E-state index contributed by atoms with van der Waals surface area (Å²) in [6.07, 6.45) is 4.71. The molecule has 1 aliphatic heterocycles. The fourth-order valence-electron chi connectivity index (χ4n) is 4.27. The molecule has 186 valence electrons. The summed E-state index contributed by atoms with van der Waals surface area (Å²) in [4.78, 5) is 35.4. The van der Waals surface area contributed by atoms with Gasteiger partial charge in [0.15, 0.2) is 0 Å². The van der Waals surface area contributed by atoms with Crippen LogP contribution in [0.4, 0.5) is 10.6 Å². The Balaban J connectivity index is 0.00000272. The van der Waals surface area contributed by atoms with Crippen molar-refractivity contribution < 1.29 is 14.3 Å². The number of hydrogen-bond acceptors (Lipinski definition) is 6. The molecule has 9 nitrogen and oxygen atoms in total. The molecule has 33 heavy (non-hydrogen) atoms. The van der Waals surface area contributed by atoms with E-state index >= 15 is 0 Å². The van der Waals surface area contributed by atoms with Crippen molar-refractivity contribution in [3.63, 3.8) is 0 Å². The third-order valence-corrected chi connectivity index (χ3v) is 6.16. The van der Waals surface area contributed by atoms with Crippen molar-refractivity contribution in [2.24, 2.45) is 11.7 Å². The van der Waals surface area contributed by atoms with E-state index < -0.39 is 0 Å². The second-order valence-corrected chi connectivity index (χ2v) is 8.68. The molecule has 2 aliphatic rings. The molecule has 1 aliphatic carbocycles. The van der Waals surface area contributed by atoms with Gasteiger partial charge in [-0.1, -0.05) is 0 Å². The summed E-state index contributed by atoms with van der Waals surface area (Å²) < 4.78 is 5.34. The Labute approximate surface area is 208 Å². The van der Waals surface area contributed by atoms with Crippen LogP contribution in [-0.4, -0.2) is 78.0 Å². The maximum Gasteiger partial charge on any atom is 0.320 e. The van der Waals surface area contributed by atoms with Crippen LogP contribution in [0.25, 0.3) is 0 Å². The minimum Gasteiger partial charge on any atom is -0.463 e. The standard InChI is InChI=1S/C22H34N6O3.2ClH/c1-15(2)31-21(29)16-4-7-18(8-5-16)26(3)22(30)28-12-10-27(11-13-28)19-9-6-17(14-25-19)20(23)24;;/h6,9,14-16,18H,4-5,7-8,10-13H2,1-3H3,(H3,23,24);2*1H. The Morgan fingerprint density at radius 1 is 1.12 bits per heavy atom. The van der Waals surface area contributed by atoms with Crippen molar-refractivity contribution in [3.8, 4) is 0 Å². The highest BCUT2D eigenvalue weighted by Gasteiger charge is 2.33. The SMILES string of the molecule is CC(C)OC(=O)C1CCC(N(C)C(=O)N2CCN(c3ccc(C(=N)N)cn3)CC2)CC1.Cl.Cl. The van der Waals surface area contributed by atoms with Crippen LogP contribution in [0.2, 0.25) is 0 Å². The monoisotopic (exact) mass is 502 g/mol. The lowest BCUT2D eigenvalue weighted by Crippen LogP contribution is -2.54. The van der Waals surface area contributed by atoms with Crippen LogP contribution in [0.15, 0.2) is 18.3 Å². The van der Waals surface area contributed by atoms with E-state index in [2.05, 4.69) is 9.88 Å². The molecular formula is C22H36Cl2N6O3. The fraction of sp³-hybridized carbons (Fsp3) is 0.636. The Kier molecular flexibility index (Phi) is 11.2. The molecular weight excluding hydrogens is 467 g/mol. The molecule has 3 rings (SSSR count). The van der Waals surface area contributed by atoms with E-state index in [0.717, 1.165) is 31.5 Å². The van der Waals surface area contributed by atoms with Crippen molar-refractivity contribution in [1.82, 2.24) is 14.8 Å². The molecule has 11 heteroatoms. The van der Waals surface area contributed by atoms with E-state index in [-0.39, 0.29) is 60.7 Å². The minimum atomic E-state index is -0.108. The molecule has 2 amide bonds. The summed E-state index contributed by atoms with van der Waals surface area (Å²) in [6.45, 7) is 6.42. The van der Waals surface area contributed by atoms with Gasteiger partial charge in [0.1, 0.15) is 11.7 Å². The molecule has 2 fully saturated rings. The predicted molar refractivity (Wildman–Crippen MR) is 134 cm³/mol. The number of carbonyl (C=O) groups is 2. The van der Waals surface area contributed by atoms with Crippen LogP contribution in [0.3, 0.4) is 0 Å². The quantitative estimate of drug-likeness (QED) is 0.363. The van der Waals surface area contributed by atoms with Crippen LogP contribution in [0.5, 0.6) is 0 Å². The zero-order valence-electron chi connectivity index (χ0n) is 19.5. The number of ether oxygens (including phenoxy) is 1. The van der Waals surface area contributed by atoms with Gasteiger partial charge in [-0.05, 0) is 51.7 Å². The van der Waals surface area contributed by atoms with Crippen LogP contribution >= 0.6 is 24.8 Å². The molecule has 0 unspecified atom stereocenters. The van der Waals surface area contributed by atoms with Gasteiger partial charge in [-0.25, -0.2) is 9.78 Å². The second-order valence-electron chi connectivity index (χ2n) is 8.68. The Bertz CT molecular complexity index is 792. The van der Waals surface area contributed by atoms with Gasteiger partial charge in [0, 0.05) is 51.0 Å². The second kappa shape index (κ2) is 12.8. The molecule has 2 heterocycles. The van der Waals surface area contributed by atoms with Crippen molar-refractivity contribution >= 4 is 48.5 Å². The summed E-state index contributed by atoms with van der Waals surface area (Å²) in [5.41, 5.74) is 6.09. The Hall–Kier alpha value is -2.26. The molecule has 0 radical (unpaired) electrons. The molecule has 1 aromatic heterocycles. The number of rotatable bonds is 5. The number of hydrogen-bond donors (Lipinski definition) is 2. The number of urea groups is 1. The summed E-state index contributed by atoms with van der Waals surface area (Å²) in [5, 5.41) is 7.46. The van der Waals surface area contributed by atoms with Crippen LogP contribution in [-0.2, 0) is 9.53 Å². The van der Waals surface area contributed by atoms with Crippen molar-refractivity contribution in [1.29, 1.82) is 5.41 Å². The number of carbonyl (C=O) groups excluding carboxylic acids is 2. The number of pyridine rings is 1. The zero-order chi connectivity index (χ0) is 22.5. The number of aromatic nitrogens is 1. The minimum absolute atomic E-state index is 0. The smallest absolute Gasteiger partial charge is 0.320 e. The number of esters is 1. The third kappa shape index (κ3) is 7.37. The molecule has 1 saturated heterocycles. The molecule has 1 saturated carbocycles. The number of nitrogens with one attached hydrogen (secondary N) is 1. The molecule has 3 N–H and O–H groups in total. The first-order valence-electron chi connectivity index (χ1n) is 11.0. The van der Waals surface area contributed by atoms with Gasteiger partial charge in [0.25, 0.3) is 0 Å². The fourth-order valence-corrected chi connectivity index (χ4v) is 4.27. The highest BCUT2D eigenvalue weighted by Crippen LogP contribution is 2.29. The van der Waals surface area contributed by atoms with Crippen molar-refractivity contribution in [2.75, 3.05) is 38.1 Å². The van der Waals surface area contributed by atoms with E-state index in [4.69, 9.17) is 15.9 Å². The summed E-state index contributed by atoms with van der Waals surface area (Å²) >= 11 is 0. The number of nitrogen functional groups attached to an aromatic ring is 1. The highest BCUT2D eigenvalue weighted by atomic mass is 35.5. The predicted octanol–water partition coefficient (Wildman–Crippen LogP) is 2.89. The lowest BCUT2D eigenvalue weighted by molar-refractivity contribution is -0.153. The molecule has 0 spiro atoms. The van der Waals surface area contributed by atoms with E-state index in [9.17, 15) is 9.59 Å². The van der Waals surface area contributed by atoms with Gasteiger partial charge >= 0.3 is 12.0 Å². The Morgan fingerprint density at radius 2 is 1.73 bits per heavy atom. The lowest BCUT2D eigenvalue weighted by atomic mass is 9.85. The first kappa shape index (κ1) is 28.8. The largest absolute Gasteiger partial charge is 0.463 e. The van der Waals surface area contributed by atoms with E-state index in [1.54, 1.807) is 12.3 Å². The van der Waals surface area contributed by atoms with Crippen molar-refractivity contribution in [2.45, 2.75) is 51.7 Å². The molecule has 1 aromatic rings. The maximum absolute atomic E-state index is 13.0. The van der Waals surface area contributed by atoms with Gasteiger partial charge in [-0.3, -0.25) is 10.2 Å². The first-order chi connectivity index (χ1) is 14.8. The van der Waals surface area contributed by atoms with E-state index in [0.29, 0.717) is 31.7 Å². The normalized spacial score (nSPS) is 20.4. The van der Waals surface area contributed by atoms with Crippen LogP contribution in [0, 0.1) is 11.3 Å². The highest BCUT2D eigenvalue weighted by molar-refractivity contribution is 5.94. The van der Waals surface area contributed by atoms with Gasteiger partial charge in [-0.2, -0.15) is 0 Å². The molecule has 0 bridgehead atoms. The summed E-state index contributed by atoms with van der Waals surface area (Å²) in [6, 6.07) is 3.87. The number of nitrogens with two attached hydrogens (primary N) is 1. The lowest BCUT2D eigenvalue weighted by Gasteiger charge is -2.40. The van der Waals surface area contributed by atoms with E-state index in [1.807, 2.05) is 36.8 Å². The average molecular weight is 503 g/mol. The number of anilines is 1. The van der Waals surface area contributed by atoms with Gasteiger partial charge < -0.3 is 25.2 Å². The van der Waals surface area contributed by atoms with E-state index in [1.165, 1.54) is 0 Å². The van der Waals surface area contributed by atoms with Gasteiger partial charge in [-0.15, -0.1) is 24.8 Å². The van der Waals surface area contributed by atoms with Crippen molar-refractivity contribution in [3.05, 3.63) is 23.9 Å². The number of amidine groups is 1. The average Bonchev–Trinajstić information content (AvgIpc) is 2.78. The molecule has 0 aromatic carbocycles. The summed E-state index contributed by atoms with van der Waals surface area (Å²) in [7, 11) is 1.87. The molecule has 0 atom stereocenters. The number of nitrogens with zero attached hydrogens (tertiary/aromatic N) is 4. The number of amides is 2. The van der Waals surface area contributed by atoms with Crippen LogP contribution < -0.4 is 10.6 Å². The summed E-state index contributed by atoms with van der Waals surface area (Å²) in [5.74, 6) is 0.677. The third-order valence-electron chi connectivity index (χ3n) is 6.16. The Morgan fingerprint density at radius 3 is 2.21 bits per heavy atom. The van der Waals surface area contributed by atoms with Gasteiger partial charge in [0.2, 0.25) is 0 Å². The number of halogens is 2. The zero-order valence-corrected chi connectivity index (χ0v) is 21.2. The van der Waals surface area contributed by atoms with Crippen LogP contribution in [0.1, 0.15) is 45.1 Å². The topological polar surface area (TPSA) is 116 Å². The van der Waals surface area contributed by atoms with Gasteiger partial charge in [0.05, 0.1) is 12.0 Å². The first-order valence-corrected chi connectivity index (χ1v) is 11.0.